The van der Waals surface area contributed by atoms with Crippen molar-refractivity contribution >= 4 is 81.8 Å². The van der Waals surface area contributed by atoms with Gasteiger partial charge in [0.25, 0.3) is 0 Å². The lowest BCUT2D eigenvalue weighted by Gasteiger charge is -2.14. The SMILES string of the molecule is Cc1ccc(C=Cc2nc(C(Cl)(Cl)Cl)nc(C(Cl)(Cl)Cl)n2)o1. The van der Waals surface area contributed by atoms with Crippen molar-refractivity contribution in [2.24, 2.45) is 0 Å². The maximum absolute atomic E-state index is 5.78. The van der Waals surface area contributed by atoms with Crippen LogP contribution in [0.15, 0.2) is 16.5 Å². The van der Waals surface area contributed by atoms with Crippen molar-refractivity contribution in [3.63, 3.8) is 0 Å². The topological polar surface area (TPSA) is 51.8 Å². The summed E-state index contributed by atoms with van der Waals surface area (Å²) in [5, 5.41) is 0. The van der Waals surface area contributed by atoms with Crippen LogP contribution in [0.2, 0.25) is 0 Å². The Morgan fingerprint density at radius 1 is 0.864 bits per heavy atom. The third-order valence-corrected chi connectivity index (χ3v) is 3.33. The van der Waals surface area contributed by atoms with Crippen molar-refractivity contribution in [2.45, 2.75) is 14.5 Å². The summed E-state index contributed by atoms with van der Waals surface area (Å²) in [5.41, 5.74) is 0. The zero-order valence-electron chi connectivity index (χ0n) is 10.8. The van der Waals surface area contributed by atoms with E-state index in [1.54, 1.807) is 12.1 Å². The normalized spacial score (nSPS) is 13.0. The first kappa shape index (κ1) is 18.1. The number of furan rings is 1. The zero-order valence-corrected chi connectivity index (χ0v) is 15.4. The molecule has 0 saturated heterocycles. The third-order valence-electron chi connectivity index (χ3n) is 2.32. The molecule has 0 N–H and O–H groups in total. The standard InChI is InChI=1S/C12H7Cl6N3O/c1-6-2-3-7(22-6)4-5-8-19-9(11(13,14)15)21-10(20-8)12(16,17)18/h2-5H,1H3. The van der Waals surface area contributed by atoms with Gasteiger partial charge in [-0.2, -0.15) is 0 Å². The Morgan fingerprint density at radius 3 is 1.82 bits per heavy atom. The molecule has 0 fully saturated rings. The van der Waals surface area contributed by atoms with E-state index in [1.165, 1.54) is 6.08 Å². The van der Waals surface area contributed by atoms with Crippen LogP contribution >= 0.6 is 69.6 Å². The van der Waals surface area contributed by atoms with Gasteiger partial charge >= 0.3 is 0 Å². The Balaban J connectivity index is 2.44. The molecule has 0 aliphatic carbocycles. The van der Waals surface area contributed by atoms with E-state index in [0.29, 0.717) is 5.76 Å². The molecule has 0 radical (unpaired) electrons. The number of aromatic nitrogens is 3. The van der Waals surface area contributed by atoms with Crippen LogP contribution in [0.4, 0.5) is 0 Å². The molecule has 4 nitrogen and oxygen atoms in total. The van der Waals surface area contributed by atoms with Crippen LogP contribution in [-0.2, 0) is 7.59 Å². The molecule has 0 aliphatic heterocycles. The Labute approximate surface area is 156 Å². The van der Waals surface area contributed by atoms with E-state index in [2.05, 4.69) is 15.0 Å². The van der Waals surface area contributed by atoms with Gasteiger partial charge in [-0.25, -0.2) is 15.0 Å². The molecule has 0 bridgehead atoms. The summed E-state index contributed by atoms with van der Waals surface area (Å²) >= 11 is 34.7. The van der Waals surface area contributed by atoms with E-state index in [4.69, 9.17) is 74.0 Å². The molecular formula is C12H7Cl6N3O. The van der Waals surface area contributed by atoms with Gasteiger partial charge in [0.15, 0.2) is 17.5 Å². The number of halogens is 6. The monoisotopic (exact) mass is 419 g/mol. The summed E-state index contributed by atoms with van der Waals surface area (Å²) in [5.74, 6) is 1.22. The number of nitrogens with zero attached hydrogens (tertiary/aromatic N) is 3. The predicted octanol–water partition coefficient (Wildman–Crippen LogP) is 5.60. The summed E-state index contributed by atoms with van der Waals surface area (Å²) in [4.78, 5) is 11.9. The number of hydrogen-bond acceptors (Lipinski definition) is 4. The van der Waals surface area contributed by atoms with Gasteiger partial charge in [0.1, 0.15) is 11.5 Å². The van der Waals surface area contributed by atoms with Crippen molar-refractivity contribution in [1.82, 2.24) is 15.0 Å². The molecule has 2 aromatic rings. The highest BCUT2D eigenvalue weighted by Gasteiger charge is 2.33. The molecule has 0 aliphatic rings. The highest BCUT2D eigenvalue weighted by atomic mass is 35.6. The van der Waals surface area contributed by atoms with Crippen molar-refractivity contribution in [1.29, 1.82) is 0 Å². The summed E-state index contributed by atoms with van der Waals surface area (Å²) in [6, 6.07) is 3.59. The lowest BCUT2D eigenvalue weighted by molar-refractivity contribution is 0.525. The molecule has 0 atom stereocenters. The largest absolute Gasteiger partial charge is 0.462 e. The minimum absolute atomic E-state index is 0.149. The first-order valence-corrected chi connectivity index (χ1v) is 7.97. The summed E-state index contributed by atoms with van der Waals surface area (Å²) in [6.07, 6.45) is 3.16. The van der Waals surface area contributed by atoms with Crippen molar-refractivity contribution < 1.29 is 4.42 Å². The fraction of sp³-hybridized carbons (Fsp3) is 0.250. The predicted molar refractivity (Wildman–Crippen MR) is 90.7 cm³/mol. The van der Waals surface area contributed by atoms with E-state index < -0.39 is 7.59 Å². The molecule has 0 aromatic carbocycles. The third kappa shape index (κ3) is 4.88. The molecule has 118 valence electrons. The summed E-state index contributed by atoms with van der Waals surface area (Å²) < 4.78 is 1.63. The molecule has 10 heteroatoms. The second kappa shape index (κ2) is 6.71. The Bertz CT molecular complexity index is 669. The van der Waals surface area contributed by atoms with Crippen molar-refractivity contribution in [3.8, 4) is 0 Å². The molecule has 0 amide bonds. The van der Waals surface area contributed by atoms with E-state index in [1.807, 2.05) is 13.0 Å². The Kier molecular flexibility index (Phi) is 5.53. The minimum Gasteiger partial charge on any atom is -0.462 e. The van der Waals surface area contributed by atoms with E-state index >= 15 is 0 Å². The van der Waals surface area contributed by atoms with Gasteiger partial charge in [0.2, 0.25) is 7.59 Å². The van der Waals surface area contributed by atoms with Gasteiger partial charge < -0.3 is 4.42 Å². The number of rotatable bonds is 2. The van der Waals surface area contributed by atoms with Crippen LogP contribution in [0, 0.1) is 6.92 Å². The average Bonchev–Trinajstić information content (AvgIpc) is 2.80. The van der Waals surface area contributed by atoms with E-state index in [-0.39, 0.29) is 17.5 Å². The average molecular weight is 422 g/mol. The summed E-state index contributed by atoms with van der Waals surface area (Å²) in [7, 11) is 0. The van der Waals surface area contributed by atoms with Gasteiger partial charge in [-0.15, -0.1) is 0 Å². The molecule has 2 aromatic heterocycles. The zero-order chi connectivity index (χ0) is 16.5. The van der Waals surface area contributed by atoms with Gasteiger partial charge in [-0.3, -0.25) is 0 Å². The maximum Gasteiger partial charge on any atom is 0.250 e. The van der Waals surface area contributed by atoms with E-state index in [9.17, 15) is 0 Å². The van der Waals surface area contributed by atoms with Crippen LogP contribution in [0.5, 0.6) is 0 Å². The maximum atomic E-state index is 5.78. The molecular weight excluding hydrogens is 415 g/mol. The second-order valence-electron chi connectivity index (χ2n) is 4.12. The fourth-order valence-electron chi connectivity index (χ4n) is 1.42. The highest BCUT2D eigenvalue weighted by molar-refractivity contribution is 6.67. The molecule has 0 spiro atoms. The molecule has 0 saturated carbocycles. The van der Waals surface area contributed by atoms with E-state index in [0.717, 1.165) is 5.76 Å². The van der Waals surface area contributed by atoms with Crippen LogP contribution in [0.1, 0.15) is 29.0 Å². The first-order valence-electron chi connectivity index (χ1n) is 5.71. The molecule has 0 unspecified atom stereocenters. The number of aryl methyl sites for hydroxylation is 1. The van der Waals surface area contributed by atoms with Crippen LogP contribution in [-0.4, -0.2) is 15.0 Å². The second-order valence-corrected chi connectivity index (χ2v) is 8.68. The quantitative estimate of drug-likeness (QED) is 0.592. The lowest BCUT2D eigenvalue weighted by Crippen LogP contribution is -2.16. The van der Waals surface area contributed by atoms with Crippen LogP contribution in [0.25, 0.3) is 12.2 Å². The Morgan fingerprint density at radius 2 is 1.41 bits per heavy atom. The smallest absolute Gasteiger partial charge is 0.250 e. The lowest BCUT2D eigenvalue weighted by atomic mass is 10.3. The van der Waals surface area contributed by atoms with Crippen LogP contribution < -0.4 is 0 Å². The summed E-state index contributed by atoms with van der Waals surface area (Å²) in [6.45, 7) is 1.82. The van der Waals surface area contributed by atoms with Gasteiger partial charge in [-0.05, 0) is 31.2 Å². The molecule has 2 heterocycles. The molecule has 2 rings (SSSR count). The van der Waals surface area contributed by atoms with Gasteiger partial charge in [-0.1, -0.05) is 69.6 Å². The van der Waals surface area contributed by atoms with Gasteiger partial charge in [0.05, 0.1) is 0 Å². The van der Waals surface area contributed by atoms with Crippen molar-refractivity contribution in [2.75, 3.05) is 0 Å². The highest BCUT2D eigenvalue weighted by Crippen LogP contribution is 2.39. The molecule has 22 heavy (non-hydrogen) atoms. The van der Waals surface area contributed by atoms with Crippen molar-refractivity contribution in [3.05, 3.63) is 41.1 Å². The van der Waals surface area contributed by atoms with Gasteiger partial charge in [0, 0.05) is 0 Å². The first-order chi connectivity index (χ1) is 10.1. The number of alkyl halides is 6. The fourth-order valence-corrected chi connectivity index (χ4v) is 1.93. The number of hydrogen-bond donors (Lipinski definition) is 0. The Hall–Kier alpha value is -0.230. The van der Waals surface area contributed by atoms with Crippen LogP contribution in [0.3, 0.4) is 0 Å². The minimum atomic E-state index is -1.88.